The molecule has 6 N–H and O–H groups in total. The van der Waals surface area contributed by atoms with Gasteiger partial charge in [0.25, 0.3) is 5.69 Å². The second-order valence-corrected chi connectivity index (χ2v) is 34.5. The van der Waals surface area contributed by atoms with Crippen LogP contribution in [-0.2, 0) is 121 Å². The number of aromatic nitrogens is 4. The van der Waals surface area contributed by atoms with Gasteiger partial charge in [-0.25, -0.2) is 41.6 Å². The summed E-state index contributed by atoms with van der Waals surface area (Å²) in [6.07, 6.45) is 5.58. The third-order valence-electron chi connectivity index (χ3n) is 15.3. The van der Waals surface area contributed by atoms with Gasteiger partial charge >= 0.3 is 0 Å². The first-order valence-electron chi connectivity index (χ1n) is 30.1. The number of methoxy groups -OCH3 is 6. The van der Waals surface area contributed by atoms with E-state index in [9.17, 15) is 48.6 Å². The number of rotatable bonds is 21. The number of nitro benzene ring substituents is 1. The smallest absolute Gasteiger partial charge is 0.271 e. The molecule has 4 heterocycles. The number of hydrogen-bond acceptors (Lipinski definition) is 18. The Morgan fingerprint density at radius 3 is 1.16 bits per heavy atom. The molecule has 0 radical (unpaired) electrons. The third-order valence-corrected chi connectivity index (χ3v) is 18.6. The summed E-state index contributed by atoms with van der Waals surface area (Å²) >= 11 is 0. The van der Waals surface area contributed by atoms with E-state index in [4.69, 9.17) is 34.2 Å². The molecule has 526 valence electrons. The SMILES string of the molecule is CC(C)(C)c1c(CC=O)c2ccc(NS(C)(=O)=O)cc2n1S(C)(=O)=O.COC(Cc1c(C(C)(C)C)[nH]c2cc(N)ccc12)OC.COC(Cc1c(C(C)(C)C)[nH]c2cc([N+](=O)[O-])ccc12)OC.COC(Cc1c(C(C)(C)C)n(S(C)(=O)=O)c2cc(NS(C)(=O)=O)ccc12)OC. The first-order valence-corrected chi connectivity index (χ1v) is 37.6. The maximum absolute atomic E-state index is 12.7. The molecule has 0 aliphatic carbocycles. The van der Waals surface area contributed by atoms with Gasteiger partial charge in [-0.3, -0.25) is 19.6 Å². The number of carbonyl (C=O) groups excluding carboxylic acids is 1. The zero-order valence-corrected chi connectivity index (χ0v) is 61.8. The first kappa shape index (κ1) is 78.8. The Balaban J connectivity index is 0.000000231. The summed E-state index contributed by atoms with van der Waals surface area (Å²) in [6.45, 7) is 24.3. The number of sulfonamides is 2. The number of aromatic amines is 2. The summed E-state index contributed by atoms with van der Waals surface area (Å²) in [5.41, 5.74) is 15.8. The Hall–Kier alpha value is -6.93. The van der Waals surface area contributed by atoms with Gasteiger partial charge in [0.1, 0.15) is 6.29 Å². The van der Waals surface area contributed by atoms with Gasteiger partial charge in [0.15, 0.2) is 18.9 Å². The van der Waals surface area contributed by atoms with E-state index in [1.54, 1.807) is 64.8 Å². The highest BCUT2D eigenvalue weighted by Crippen LogP contribution is 2.41. The highest BCUT2D eigenvalue weighted by Gasteiger charge is 2.34. The quantitative estimate of drug-likeness (QED) is 0.0147. The second kappa shape index (κ2) is 30.2. The first-order chi connectivity index (χ1) is 43.6. The Bertz CT molecular complexity index is 4530. The van der Waals surface area contributed by atoms with Crippen LogP contribution in [0.15, 0.2) is 72.8 Å². The molecule has 4 aromatic heterocycles. The summed E-state index contributed by atoms with van der Waals surface area (Å²) in [4.78, 5) is 28.6. The van der Waals surface area contributed by atoms with Crippen molar-refractivity contribution >= 4 is 113 Å². The van der Waals surface area contributed by atoms with Crippen molar-refractivity contribution in [3.05, 3.63) is 128 Å². The Labute approximate surface area is 559 Å². The summed E-state index contributed by atoms with van der Waals surface area (Å²) in [6, 6.07) is 20.4. The predicted molar refractivity (Wildman–Crippen MR) is 378 cm³/mol. The normalized spacial score (nSPS) is 12.9. The number of fused-ring (bicyclic) bond motifs is 4. The van der Waals surface area contributed by atoms with Gasteiger partial charge in [-0.1, -0.05) is 101 Å². The van der Waals surface area contributed by atoms with E-state index in [0.717, 1.165) is 70.2 Å². The molecule has 4 aromatic carbocycles. The number of nitrogens with two attached hydrogens (primary N) is 1. The summed E-state index contributed by atoms with van der Waals surface area (Å²) in [7, 11) is -4.78. The lowest BCUT2D eigenvalue weighted by Crippen LogP contribution is -2.25. The highest BCUT2D eigenvalue weighted by atomic mass is 32.2. The molecule has 0 aliphatic heterocycles. The molecule has 29 heteroatoms. The number of benzene rings is 4. The Morgan fingerprint density at radius 2 is 0.832 bits per heavy atom. The molecule has 0 spiro atoms. The van der Waals surface area contributed by atoms with Crippen molar-refractivity contribution in [3.8, 4) is 0 Å². The number of nitrogens with zero attached hydrogens (tertiary/aromatic N) is 3. The van der Waals surface area contributed by atoms with E-state index < -0.39 is 57.2 Å². The molecule has 0 fully saturated rings. The number of nitro groups is 1. The maximum atomic E-state index is 12.7. The molecule has 0 aliphatic rings. The van der Waals surface area contributed by atoms with Crippen molar-refractivity contribution in [2.75, 3.05) is 82.9 Å². The molecule has 0 atom stereocenters. The van der Waals surface area contributed by atoms with Crippen LogP contribution in [0.1, 0.15) is 128 Å². The average molecular weight is 1400 g/mol. The number of non-ortho nitro benzene ring substituents is 1. The van der Waals surface area contributed by atoms with E-state index in [-0.39, 0.29) is 46.1 Å². The van der Waals surface area contributed by atoms with Crippen LogP contribution in [0.4, 0.5) is 22.7 Å². The number of H-pyrrole nitrogens is 2. The lowest BCUT2D eigenvalue weighted by atomic mass is 9.88. The van der Waals surface area contributed by atoms with Crippen molar-refractivity contribution in [2.45, 2.75) is 149 Å². The Kier molecular flexibility index (Phi) is 25.1. The van der Waals surface area contributed by atoms with E-state index in [0.29, 0.717) is 63.7 Å². The van der Waals surface area contributed by atoms with Crippen molar-refractivity contribution in [1.29, 1.82) is 0 Å². The molecule has 0 saturated carbocycles. The standard InChI is InChI=1S/C18H28N2O6S2.C16H22N2O5S2.C16H22N2O4.C16H24N2O2/c1-18(2,3)17-14(11-16(25-4)26-5)13-9-8-12(19-27(6,21)22)10-15(13)20(17)28(7,23)24;1-16(2,3)15-13(8-9-19)12-7-6-11(17-24(4,20)21)10-14(12)18(15)25(5,22)23;1-16(2,3)15-12(9-14(21-4)22-5)11-7-6-10(18(19)20)8-13(11)17-15;1-16(2,3)15-12(9-14(19-4)20-5)11-7-6-10(17)8-13(11)18-15/h8-10,16,19H,11H2,1-7H3;6-7,9-10,17H,8H2,1-5H3;6-8,14,17H,9H2,1-5H3;6-8,14,18H,9,17H2,1-5H3. The fraction of sp³-hybridized carbons (Fsp3) is 0.500. The van der Waals surface area contributed by atoms with Gasteiger partial charge in [0.2, 0.25) is 40.1 Å². The summed E-state index contributed by atoms with van der Waals surface area (Å²) < 4.78 is 136. The van der Waals surface area contributed by atoms with Crippen LogP contribution in [0.5, 0.6) is 0 Å². The van der Waals surface area contributed by atoms with Gasteiger partial charge in [-0.2, -0.15) is 0 Å². The second-order valence-electron chi connectivity index (χ2n) is 27.4. The number of ether oxygens (including phenoxy) is 6. The molecular weight excluding hydrogens is 1310 g/mol. The third kappa shape index (κ3) is 19.9. The monoisotopic (exact) mass is 1400 g/mol. The van der Waals surface area contributed by atoms with Crippen LogP contribution >= 0.6 is 0 Å². The van der Waals surface area contributed by atoms with Crippen molar-refractivity contribution in [1.82, 2.24) is 17.9 Å². The van der Waals surface area contributed by atoms with Crippen molar-refractivity contribution in [2.24, 2.45) is 0 Å². The number of anilines is 3. The number of aldehydes is 1. The molecule has 8 aromatic rings. The molecule has 0 amide bonds. The van der Waals surface area contributed by atoms with E-state index >= 15 is 0 Å². The van der Waals surface area contributed by atoms with Crippen LogP contribution in [-0.4, -0.2) is 149 Å². The highest BCUT2D eigenvalue weighted by molar-refractivity contribution is 7.92. The van der Waals surface area contributed by atoms with Gasteiger partial charge in [-0.15, -0.1) is 0 Å². The van der Waals surface area contributed by atoms with Gasteiger partial charge in [-0.05, 0) is 64.7 Å². The van der Waals surface area contributed by atoms with Crippen LogP contribution in [0.2, 0.25) is 0 Å². The van der Waals surface area contributed by atoms with E-state index in [1.807, 2.05) is 53.7 Å². The fourth-order valence-corrected chi connectivity index (χ4v) is 15.1. The minimum Gasteiger partial charge on any atom is -0.399 e. The number of nitrogen functional groups attached to an aromatic ring is 1. The number of nitrogens with one attached hydrogen (secondary N) is 4. The summed E-state index contributed by atoms with van der Waals surface area (Å²) in [5.74, 6) is 0. The molecule has 25 nitrogen and oxygen atoms in total. The van der Waals surface area contributed by atoms with Gasteiger partial charge < -0.3 is 48.9 Å². The van der Waals surface area contributed by atoms with Crippen molar-refractivity contribution < 1.29 is 71.8 Å². The number of carbonyl (C=O) groups is 1. The van der Waals surface area contributed by atoms with E-state index in [2.05, 4.69) is 67.0 Å². The zero-order valence-electron chi connectivity index (χ0n) is 58.6. The molecule has 0 unspecified atom stereocenters. The van der Waals surface area contributed by atoms with Crippen LogP contribution in [0.25, 0.3) is 43.6 Å². The minimum absolute atomic E-state index is 0.0230. The topological polar surface area (TPSA) is 344 Å². The minimum atomic E-state index is -3.68. The maximum Gasteiger partial charge on any atom is 0.271 e. The lowest BCUT2D eigenvalue weighted by Gasteiger charge is -2.24. The summed E-state index contributed by atoms with van der Waals surface area (Å²) in [5, 5.41) is 14.4. The molecule has 8 rings (SSSR count). The molecule has 0 saturated heterocycles. The largest absolute Gasteiger partial charge is 0.399 e. The average Bonchev–Trinajstić information content (AvgIpc) is 1.58. The van der Waals surface area contributed by atoms with Crippen LogP contribution < -0.4 is 15.2 Å². The lowest BCUT2D eigenvalue weighted by molar-refractivity contribution is -0.384. The zero-order chi connectivity index (χ0) is 72.1. The fourth-order valence-electron chi connectivity index (χ4n) is 11.5. The van der Waals surface area contributed by atoms with Gasteiger partial charge in [0.05, 0.1) is 57.9 Å². The predicted octanol–water partition coefficient (Wildman–Crippen LogP) is 10.9. The number of hydrogen-bond donors (Lipinski definition) is 5. The molecule has 95 heavy (non-hydrogen) atoms. The van der Waals surface area contributed by atoms with Crippen LogP contribution in [0.3, 0.4) is 0 Å². The van der Waals surface area contributed by atoms with Gasteiger partial charge in [0, 0.05) is 158 Å². The van der Waals surface area contributed by atoms with Crippen molar-refractivity contribution in [3.63, 3.8) is 0 Å². The Morgan fingerprint density at radius 1 is 0.495 bits per heavy atom. The molecule has 0 bridgehead atoms. The molecular formula is C66H96N8O17S4. The van der Waals surface area contributed by atoms with Crippen LogP contribution in [0, 0.1) is 10.1 Å². The van der Waals surface area contributed by atoms with E-state index in [1.165, 1.54) is 57.0 Å².